The third-order valence-corrected chi connectivity index (χ3v) is 4.91. The molecule has 1 N–H and O–H groups in total. The van der Waals surface area contributed by atoms with Crippen molar-refractivity contribution in [2.45, 2.75) is 30.7 Å². The van der Waals surface area contributed by atoms with Crippen molar-refractivity contribution >= 4 is 10.0 Å². The van der Waals surface area contributed by atoms with E-state index >= 15 is 0 Å². The molecular formula is C13H20N2O2S. The Hall–Kier alpha value is -0.910. The normalized spacial score (nSPS) is 21.3. The lowest BCUT2D eigenvalue weighted by atomic mass is 10.2. The lowest BCUT2D eigenvalue weighted by Crippen LogP contribution is -2.39. The van der Waals surface area contributed by atoms with Gasteiger partial charge in [-0.3, -0.25) is 4.90 Å². The van der Waals surface area contributed by atoms with Crippen LogP contribution < -0.4 is 4.72 Å². The molecule has 1 aliphatic rings. The zero-order chi connectivity index (χ0) is 13.0. The Morgan fingerprint density at radius 1 is 1.33 bits per heavy atom. The van der Waals surface area contributed by atoms with Gasteiger partial charge in [0.15, 0.2) is 0 Å². The minimum Gasteiger partial charge on any atom is -0.299 e. The van der Waals surface area contributed by atoms with Crippen molar-refractivity contribution < 1.29 is 8.42 Å². The Morgan fingerprint density at radius 3 is 2.72 bits per heavy atom. The number of rotatable bonds is 5. The fourth-order valence-corrected chi connectivity index (χ4v) is 3.53. The van der Waals surface area contributed by atoms with E-state index in [9.17, 15) is 8.42 Å². The van der Waals surface area contributed by atoms with Gasteiger partial charge in [-0.1, -0.05) is 25.1 Å². The second-order valence-corrected chi connectivity index (χ2v) is 6.36. The highest BCUT2D eigenvalue weighted by Gasteiger charge is 2.24. The number of likely N-dealkylation sites (tertiary alicyclic amines) is 1. The van der Waals surface area contributed by atoms with Crippen LogP contribution in [0.3, 0.4) is 0 Å². The third-order valence-electron chi connectivity index (χ3n) is 3.47. The minimum atomic E-state index is -3.36. The number of benzene rings is 1. The number of nitrogens with one attached hydrogen (secondary N) is 1. The van der Waals surface area contributed by atoms with Gasteiger partial charge < -0.3 is 0 Å². The fourth-order valence-electron chi connectivity index (χ4n) is 2.43. The van der Waals surface area contributed by atoms with Crippen molar-refractivity contribution in [1.82, 2.24) is 9.62 Å². The molecule has 18 heavy (non-hydrogen) atoms. The smallest absolute Gasteiger partial charge is 0.240 e. The monoisotopic (exact) mass is 268 g/mol. The molecule has 0 amide bonds. The number of likely N-dealkylation sites (N-methyl/N-ethyl adjacent to an activating group) is 1. The molecular weight excluding hydrogens is 248 g/mol. The van der Waals surface area contributed by atoms with E-state index in [1.54, 1.807) is 24.3 Å². The number of nitrogens with zero attached hydrogens (tertiary/aromatic N) is 1. The molecule has 100 valence electrons. The molecule has 1 aromatic rings. The van der Waals surface area contributed by atoms with E-state index < -0.39 is 10.0 Å². The molecule has 1 heterocycles. The van der Waals surface area contributed by atoms with Crippen LogP contribution in [0.15, 0.2) is 35.2 Å². The lowest BCUT2D eigenvalue weighted by molar-refractivity contribution is 0.268. The van der Waals surface area contributed by atoms with Crippen LogP contribution in [0.25, 0.3) is 0 Å². The molecule has 0 aromatic heterocycles. The molecule has 2 rings (SSSR count). The van der Waals surface area contributed by atoms with Crippen molar-refractivity contribution in [2.24, 2.45) is 0 Å². The van der Waals surface area contributed by atoms with E-state index in [1.165, 1.54) is 0 Å². The molecule has 1 saturated heterocycles. The number of hydrogen-bond acceptors (Lipinski definition) is 3. The van der Waals surface area contributed by atoms with Crippen LogP contribution in [0.1, 0.15) is 19.8 Å². The summed E-state index contributed by atoms with van der Waals surface area (Å²) < 4.78 is 26.8. The molecule has 0 unspecified atom stereocenters. The first kappa shape index (κ1) is 13.5. The first-order valence-corrected chi connectivity index (χ1v) is 7.90. The Kier molecular flexibility index (Phi) is 4.37. The molecule has 5 heteroatoms. The summed E-state index contributed by atoms with van der Waals surface area (Å²) >= 11 is 0. The third kappa shape index (κ3) is 3.10. The van der Waals surface area contributed by atoms with Crippen molar-refractivity contribution in [1.29, 1.82) is 0 Å². The summed E-state index contributed by atoms with van der Waals surface area (Å²) in [4.78, 5) is 2.67. The highest BCUT2D eigenvalue weighted by molar-refractivity contribution is 7.89. The quantitative estimate of drug-likeness (QED) is 0.879. The SMILES string of the molecule is CCN1CCC[C@@H]1CNS(=O)(=O)c1ccccc1. The van der Waals surface area contributed by atoms with Crippen molar-refractivity contribution in [3.63, 3.8) is 0 Å². The van der Waals surface area contributed by atoms with Gasteiger partial charge in [-0.15, -0.1) is 0 Å². The largest absolute Gasteiger partial charge is 0.299 e. The van der Waals surface area contributed by atoms with E-state index in [0.29, 0.717) is 17.5 Å². The second-order valence-electron chi connectivity index (χ2n) is 4.59. The van der Waals surface area contributed by atoms with Crippen LogP contribution >= 0.6 is 0 Å². The molecule has 0 saturated carbocycles. The van der Waals surface area contributed by atoms with Gasteiger partial charge in [-0.25, -0.2) is 13.1 Å². The van der Waals surface area contributed by atoms with E-state index in [0.717, 1.165) is 25.9 Å². The van der Waals surface area contributed by atoms with Crippen LogP contribution in [0.4, 0.5) is 0 Å². The molecule has 1 atom stereocenters. The standard InChI is InChI=1S/C13H20N2O2S/c1-2-15-10-6-7-12(15)11-14-18(16,17)13-8-4-3-5-9-13/h3-5,8-9,12,14H,2,6-7,10-11H2,1H3/t12-/m1/s1. The molecule has 0 radical (unpaired) electrons. The predicted molar refractivity (Wildman–Crippen MR) is 71.9 cm³/mol. The van der Waals surface area contributed by atoms with Crippen molar-refractivity contribution in [2.75, 3.05) is 19.6 Å². The molecule has 4 nitrogen and oxygen atoms in total. The molecule has 1 aliphatic heterocycles. The number of hydrogen-bond donors (Lipinski definition) is 1. The lowest BCUT2D eigenvalue weighted by Gasteiger charge is -2.22. The summed E-state index contributed by atoms with van der Waals surface area (Å²) in [5, 5.41) is 0. The van der Waals surface area contributed by atoms with Crippen molar-refractivity contribution in [3.05, 3.63) is 30.3 Å². The second kappa shape index (κ2) is 5.82. The Labute approximate surface area is 109 Å². The Bertz CT molecular complexity index is 473. The molecule has 1 fully saturated rings. The highest BCUT2D eigenvalue weighted by atomic mass is 32.2. The van der Waals surface area contributed by atoms with Gasteiger partial charge in [0, 0.05) is 12.6 Å². The Balaban J connectivity index is 1.98. The topological polar surface area (TPSA) is 49.4 Å². The van der Waals surface area contributed by atoms with E-state index in [2.05, 4.69) is 16.5 Å². The maximum atomic E-state index is 12.1. The van der Waals surface area contributed by atoms with Gasteiger partial charge in [0.1, 0.15) is 0 Å². The average molecular weight is 268 g/mol. The molecule has 0 spiro atoms. The van der Waals surface area contributed by atoms with Gasteiger partial charge in [0.2, 0.25) is 10.0 Å². The van der Waals surface area contributed by atoms with E-state index in [1.807, 2.05) is 6.07 Å². The zero-order valence-electron chi connectivity index (χ0n) is 10.7. The highest BCUT2D eigenvalue weighted by Crippen LogP contribution is 2.16. The summed E-state index contributed by atoms with van der Waals surface area (Å²) in [6, 6.07) is 8.87. The van der Waals surface area contributed by atoms with Gasteiger partial charge in [-0.2, -0.15) is 0 Å². The van der Waals surface area contributed by atoms with Crippen LogP contribution in [0.5, 0.6) is 0 Å². The van der Waals surface area contributed by atoms with Gasteiger partial charge >= 0.3 is 0 Å². The Morgan fingerprint density at radius 2 is 2.06 bits per heavy atom. The molecule has 0 aliphatic carbocycles. The minimum absolute atomic E-state index is 0.339. The first-order valence-electron chi connectivity index (χ1n) is 6.42. The van der Waals surface area contributed by atoms with Gasteiger partial charge in [-0.05, 0) is 38.1 Å². The summed E-state index contributed by atoms with van der Waals surface area (Å²) in [5.74, 6) is 0. The maximum absolute atomic E-state index is 12.1. The summed E-state index contributed by atoms with van der Waals surface area (Å²) in [5.41, 5.74) is 0. The molecule has 1 aromatic carbocycles. The summed E-state index contributed by atoms with van der Waals surface area (Å²) in [7, 11) is -3.36. The van der Waals surface area contributed by atoms with E-state index in [4.69, 9.17) is 0 Å². The van der Waals surface area contributed by atoms with Crippen LogP contribution in [-0.4, -0.2) is 39.0 Å². The summed E-state index contributed by atoms with van der Waals surface area (Å²) in [6.45, 7) is 4.68. The summed E-state index contributed by atoms with van der Waals surface area (Å²) in [6.07, 6.45) is 2.23. The zero-order valence-corrected chi connectivity index (χ0v) is 11.5. The van der Waals surface area contributed by atoms with Crippen LogP contribution in [0, 0.1) is 0 Å². The van der Waals surface area contributed by atoms with Gasteiger partial charge in [0.25, 0.3) is 0 Å². The number of sulfonamides is 1. The van der Waals surface area contributed by atoms with Crippen LogP contribution in [0.2, 0.25) is 0 Å². The fraction of sp³-hybridized carbons (Fsp3) is 0.538. The molecule has 0 bridgehead atoms. The van der Waals surface area contributed by atoms with Crippen LogP contribution in [-0.2, 0) is 10.0 Å². The van der Waals surface area contributed by atoms with Crippen molar-refractivity contribution in [3.8, 4) is 0 Å². The first-order chi connectivity index (χ1) is 8.63. The van der Waals surface area contributed by atoms with E-state index in [-0.39, 0.29) is 0 Å². The predicted octanol–water partition coefficient (Wildman–Crippen LogP) is 1.45. The van der Waals surface area contributed by atoms with Gasteiger partial charge in [0.05, 0.1) is 4.90 Å². The maximum Gasteiger partial charge on any atom is 0.240 e. The average Bonchev–Trinajstić information content (AvgIpc) is 2.85.